The number of benzene rings is 1. The number of nitrogens with one attached hydrogen (secondary N) is 1. The van der Waals surface area contributed by atoms with E-state index in [0.717, 1.165) is 27.8 Å². The number of hydrogen-bond acceptors (Lipinski definition) is 4. The summed E-state index contributed by atoms with van der Waals surface area (Å²) < 4.78 is 1.10. The predicted molar refractivity (Wildman–Crippen MR) is 102 cm³/mol. The van der Waals surface area contributed by atoms with E-state index < -0.39 is 0 Å². The van der Waals surface area contributed by atoms with E-state index in [4.69, 9.17) is 0 Å². The van der Waals surface area contributed by atoms with Crippen LogP contribution in [0.5, 0.6) is 0 Å². The molecule has 1 aliphatic rings. The molecule has 1 N–H and O–H groups in total. The molecule has 1 aromatic heterocycles. The Labute approximate surface area is 152 Å². The van der Waals surface area contributed by atoms with E-state index in [1.54, 1.807) is 23.1 Å². The van der Waals surface area contributed by atoms with Crippen molar-refractivity contribution in [2.24, 2.45) is 5.92 Å². The second-order valence-corrected chi connectivity index (χ2v) is 8.66. The molecule has 1 aliphatic carbocycles. The highest BCUT2D eigenvalue weighted by molar-refractivity contribution is 8.00. The number of amides is 1. The fourth-order valence-electron chi connectivity index (χ4n) is 3.08. The van der Waals surface area contributed by atoms with E-state index in [2.05, 4.69) is 22.6 Å². The number of thiazole rings is 1. The molecule has 1 fully saturated rings. The first kappa shape index (κ1) is 17.5. The van der Waals surface area contributed by atoms with Crippen molar-refractivity contribution in [2.75, 3.05) is 0 Å². The molecule has 0 spiro atoms. The molecule has 3 rings (SSSR count). The Morgan fingerprint density at radius 1 is 1.29 bits per heavy atom. The Bertz CT molecular complexity index is 681. The van der Waals surface area contributed by atoms with Gasteiger partial charge in [0.05, 0.1) is 0 Å². The summed E-state index contributed by atoms with van der Waals surface area (Å²) in [4.78, 5) is 16.9. The van der Waals surface area contributed by atoms with Gasteiger partial charge in [0.1, 0.15) is 4.34 Å². The van der Waals surface area contributed by atoms with Crippen LogP contribution in [0, 0.1) is 12.8 Å². The lowest BCUT2D eigenvalue weighted by molar-refractivity contribution is 0.0910. The lowest BCUT2D eigenvalue weighted by Gasteiger charge is -2.29. The third kappa shape index (κ3) is 4.61. The molecule has 2 atom stereocenters. The normalized spacial score (nSPS) is 20.8. The number of thioether (sulfide) groups is 1. The average Bonchev–Trinajstić information content (AvgIpc) is 3.01. The van der Waals surface area contributed by atoms with Gasteiger partial charge < -0.3 is 5.32 Å². The van der Waals surface area contributed by atoms with E-state index in [1.807, 2.05) is 31.2 Å². The van der Waals surface area contributed by atoms with Crippen LogP contribution in [0.4, 0.5) is 0 Å². The molecule has 1 heterocycles. The van der Waals surface area contributed by atoms with Crippen LogP contribution in [0.2, 0.25) is 0 Å². The molecule has 0 saturated heterocycles. The largest absolute Gasteiger partial charge is 0.349 e. The summed E-state index contributed by atoms with van der Waals surface area (Å²) >= 11 is 3.43. The van der Waals surface area contributed by atoms with Crippen LogP contribution in [0.3, 0.4) is 0 Å². The summed E-state index contributed by atoms with van der Waals surface area (Å²) in [6.45, 7) is 4.26. The molecular weight excluding hydrogens is 336 g/mol. The minimum atomic E-state index is 0.0588. The van der Waals surface area contributed by atoms with Crippen molar-refractivity contribution in [3.63, 3.8) is 0 Å². The Balaban J connectivity index is 1.54. The molecule has 2 aromatic rings. The maximum Gasteiger partial charge on any atom is 0.251 e. The zero-order chi connectivity index (χ0) is 16.9. The predicted octanol–water partition coefficient (Wildman–Crippen LogP) is 5.05. The number of aromatic nitrogens is 1. The van der Waals surface area contributed by atoms with Crippen molar-refractivity contribution in [3.05, 3.63) is 46.5 Å². The Kier molecular flexibility index (Phi) is 5.95. The number of hydrogen-bond donors (Lipinski definition) is 1. The lowest BCUT2D eigenvalue weighted by Crippen LogP contribution is -2.41. The van der Waals surface area contributed by atoms with Gasteiger partial charge in [-0.1, -0.05) is 43.7 Å². The van der Waals surface area contributed by atoms with Gasteiger partial charge in [0, 0.05) is 28.4 Å². The molecule has 0 radical (unpaired) electrons. The molecule has 3 nitrogen and oxygen atoms in total. The Hall–Kier alpha value is -1.33. The molecule has 1 amide bonds. The van der Waals surface area contributed by atoms with E-state index in [0.29, 0.717) is 12.0 Å². The van der Waals surface area contributed by atoms with Crippen LogP contribution in [0.1, 0.15) is 54.2 Å². The van der Waals surface area contributed by atoms with Crippen molar-refractivity contribution in [1.82, 2.24) is 10.3 Å². The standard InChI is InChI=1S/C19H24N2OS2/c1-13-5-3-4-6-17(13)21-18(22)16-9-7-15(8-10-16)12-24-19-20-14(2)11-23-19/h7-11,13,17H,3-6,12H2,1-2H3,(H,21,22). The molecule has 0 bridgehead atoms. The second kappa shape index (κ2) is 8.17. The number of aryl methyl sites for hydroxylation is 1. The Morgan fingerprint density at radius 3 is 2.71 bits per heavy atom. The van der Waals surface area contributed by atoms with Gasteiger partial charge in [-0.3, -0.25) is 4.79 Å². The number of rotatable bonds is 5. The number of carbonyl (C=O) groups excluding carboxylic acids is 1. The van der Waals surface area contributed by atoms with E-state index in [1.165, 1.54) is 24.8 Å². The molecule has 1 saturated carbocycles. The zero-order valence-corrected chi connectivity index (χ0v) is 15.9. The van der Waals surface area contributed by atoms with Crippen LogP contribution in [0.15, 0.2) is 34.0 Å². The van der Waals surface area contributed by atoms with Gasteiger partial charge in [0.2, 0.25) is 0 Å². The topological polar surface area (TPSA) is 42.0 Å². The molecule has 24 heavy (non-hydrogen) atoms. The summed E-state index contributed by atoms with van der Waals surface area (Å²) in [5.74, 6) is 1.53. The zero-order valence-electron chi connectivity index (χ0n) is 14.2. The maximum absolute atomic E-state index is 12.4. The number of nitrogens with zero attached hydrogens (tertiary/aromatic N) is 1. The smallest absolute Gasteiger partial charge is 0.251 e. The monoisotopic (exact) mass is 360 g/mol. The van der Waals surface area contributed by atoms with Crippen molar-refractivity contribution >= 4 is 29.0 Å². The molecule has 5 heteroatoms. The van der Waals surface area contributed by atoms with Crippen molar-refractivity contribution in [1.29, 1.82) is 0 Å². The minimum Gasteiger partial charge on any atom is -0.349 e. The SMILES string of the molecule is Cc1csc(SCc2ccc(C(=O)NC3CCCCC3C)cc2)n1. The summed E-state index contributed by atoms with van der Waals surface area (Å²) in [5, 5.41) is 5.28. The highest BCUT2D eigenvalue weighted by Gasteiger charge is 2.23. The second-order valence-electron chi connectivity index (χ2n) is 6.58. The third-order valence-electron chi connectivity index (χ3n) is 4.60. The van der Waals surface area contributed by atoms with Crippen molar-refractivity contribution in [3.8, 4) is 0 Å². The summed E-state index contributed by atoms with van der Waals surface area (Å²) in [5.41, 5.74) is 3.05. The van der Waals surface area contributed by atoms with Crippen LogP contribution in [-0.4, -0.2) is 16.9 Å². The first-order valence-electron chi connectivity index (χ1n) is 8.56. The summed E-state index contributed by atoms with van der Waals surface area (Å²) in [7, 11) is 0. The quantitative estimate of drug-likeness (QED) is 0.759. The highest BCUT2D eigenvalue weighted by atomic mass is 32.2. The van der Waals surface area contributed by atoms with Gasteiger partial charge in [-0.2, -0.15) is 0 Å². The first-order valence-corrected chi connectivity index (χ1v) is 10.4. The van der Waals surface area contributed by atoms with E-state index in [9.17, 15) is 4.79 Å². The van der Waals surface area contributed by atoms with Crippen LogP contribution in [-0.2, 0) is 5.75 Å². The third-order valence-corrected chi connectivity index (χ3v) is 6.81. The highest BCUT2D eigenvalue weighted by Crippen LogP contribution is 2.26. The summed E-state index contributed by atoms with van der Waals surface area (Å²) in [6, 6.07) is 8.30. The number of carbonyl (C=O) groups is 1. The lowest BCUT2D eigenvalue weighted by atomic mass is 9.86. The van der Waals surface area contributed by atoms with Crippen LogP contribution < -0.4 is 5.32 Å². The molecule has 0 aliphatic heterocycles. The maximum atomic E-state index is 12.4. The van der Waals surface area contributed by atoms with Gasteiger partial charge in [-0.05, 0) is 43.4 Å². The van der Waals surface area contributed by atoms with Gasteiger partial charge in [-0.25, -0.2) is 4.98 Å². The van der Waals surface area contributed by atoms with Crippen LogP contribution in [0.25, 0.3) is 0 Å². The average molecular weight is 361 g/mol. The molecule has 1 aromatic carbocycles. The van der Waals surface area contributed by atoms with Gasteiger partial charge in [-0.15, -0.1) is 11.3 Å². The summed E-state index contributed by atoms with van der Waals surface area (Å²) in [6.07, 6.45) is 4.84. The van der Waals surface area contributed by atoms with Crippen molar-refractivity contribution < 1.29 is 4.79 Å². The fraction of sp³-hybridized carbons (Fsp3) is 0.474. The first-order chi connectivity index (χ1) is 11.6. The van der Waals surface area contributed by atoms with Gasteiger partial charge in [0.25, 0.3) is 5.91 Å². The van der Waals surface area contributed by atoms with Crippen molar-refractivity contribution in [2.45, 2.75) is 55.7 Å². The van der Waals surface area contributed by atoms with E-state index in [-0.39, 0.29) is 5.91 Å². The molecular formula is C19H24N2OS2. The van der Waals surface area contributed by atoms with Crippen LogP contribution >= 0.6 is 23.1 Å². The Morgan fingerprint density at radius 2 is 2.04 bits per heavy atom. The van der Waals surface area contributed by atoms with E-state index >= 15 is 0 Å². The molecule has 128 valence electrons. The van der Waals surface area contributed by atoms with Gasteiger partial charge >= 0.3 is 0 Å². The molecule has 2 unspecified atom stereocenters. The minimum absolute atomic E-state index is 0.0588. The van der Waals surface area contributed by atoms with Gasteiger partial charge in [0.15, 0.2) is 0 Å². The fourth-order valence-corrected chi connectivity index (χ4v) is 4.88.